The summed E-state index contributed by atoms with van der Waals surface area (Å²) in [6.07, 6.45) is 0. The Bertz CT molecular complexity index is 782. The molecule has 0 spiro atoms. The summed E-state index contributed by atoms with van der Waals surface area (Å²) in [4.78, 5) is 4.40. The molecule has 0 saturated heterocycles. The Morgan fingerprint density at radius 2 is 2.10 bits per heavy atom. The van der Waals surface area contributed by atoms with Crippen LogP contribution >= 0.6 is 0 Å². The number of nitrogens with two attached hydrogens (primary N) is 1. The zero-order chi connectivity index (χ0) is 13.5. The second-order valence-electron chi connectivity index (χ2n) is 4.79. The third-order valence-electron chi connectivity index (χ3n) is 3.41. The van der Waals surface area contributed by atoms with Gasteiger partial charge in [0, 0.05) is 17.3 Å². The van der Waals surface area contributed by atoms with Crippen LogP contribution in [0.2, 0.25) is 0 Å². The highest BCUT2D eigenvalue weighted by Gasteiger charge is 2.24. The number of aromatic nitrogens is 1. The van der Waals surface area contributed by atoms with Crippen LogP contribution in [0, 0.1) is 0 Å². The van der Waals surface area contributed by atoms with E-state index in [1.165, 1.54) is 0 Å². The molecule has 3 aromatic rings. The first kappa shape index (κ1) is 11.2. The molecule has 0 saturated carbocycles. The fourth-order valence-corrected chi connectivity index (χ4v) is 2.43. The predicted octanol–water partition coefficient (Wildman–Crippen LogP) is 2.96. The fraction of sp³-hybridized carbons (Fsp3) is 0.133. The van der Waals surface area contributed by atoms with Crippen molar-refractivity contribution >= 4 is 22.8 Å². The highest BCUT2D eigenvalue weighted by Crippen LogP contribution is 2.34. The van der Waals surface area contributed by atoms with E-state index in [-0.39, 0.29) is 6.04 Å². The SMILES string of the molecule is Nc1ccc2nc(NC3COc4ccccc43)oc2c1. The molecule has 5 heteroatoms. The third kappa shape index (κ3) is 1.75. The monoisotopic (exact) mass is 267 g/mol. The van der Waals surface area contributed by atoms with Crippen molar-refractivity contribution in [3.05, 3.63) is 48.0 Å². The number of hydrogen-bond donors (Lipinski definition) is 2. The molecule has 2 heterocycles. The van der Waals surface area contributed by atoms with Crippen molar-refractivity contribution in [1.29, 1.82) is 0 Å². The van der Waals surface area contributed by atoms with Crippen molar-refractivity contribution in [3.8, 4) is 5.75 Å². The van der Waals surface area contributed by atoms with E-state index in [1.54, 1.807) is 6.07 Å². The topological polar surface area (TPSA) is 73.3 Å². The number of benzene rings is 2. The average Bonchev–Trinajstić information content (AvgIpc) is 3.03. The summed E-state index contributed by atoms with van der Waals surface area (Å²) in [6, 6.07) is 13.9. The maximum Gasteiger partial charge on any atom is 0.296 e. The maximum absolute atomic E-state index is 5.73. The Labute approximate surface area is 115 Å². The minimum atomic E-state index is 0.0524. The minimum absolute atomic E-state index is 0.0524. The summed E-state index contributed by atoms with van der Waals surface area (Å²) < 4.78 is 11.3. The molecule has 100 valence electrons. The van der Waals surface area contributed by atoms with Crippen LogP contribution in [-0.2, 0) is 0 Å². The first-order valence-electron chi connectivity index (χ1n) is 6.44. The first-order chi connectivity index (χ1) is 9.79. The standard InChI is InChI=1S/C15H13N3O2/c16-9-5-6-11-14(7-9)20-15(17-11)18-12-8-19-13-4-2-1-3-10(12)13/h1-7,12H,8,16H2,(H,17,18). The van der Waals surface area contributed by atoms with Crippen molar-refractivity contribution in [2.45, 2.75) is 6.04 Å². The molecule has 0 amide bonds. The van der Waals surface area contributed by atoms with E-state index in [9.17, 15) is 0 Å². The molecule has 0 radical (unpaired) electrons. The summed E-state index contributed by atoms with van der Waals surface area (Å²) in [5, 5.41) is 3.26. The lowest BCUT2D eigenvalue weighted by molar-refractivity contribution is 0.338. The lowest BCUT2D eigenvalue weighted by Gasteiger charge is -2.08. The van der Waals surface area contributed by atoms with E-state index in [0.29, 0.717) is 23.9 Å². The molecule has 1 unspecified atom stereocenters. The lowest BCUT2D eigenvalue weighted by atomic mass is 10.1. The molecule has 0 fully saturated rings. The number of anilines is 2. The van der Waals surface area contributed by atoms with Crippen molar-refractivity contribution in [2.75, 3.05) is 17.7 Å². The fourth-order valence-electron chi connectivity index (χ4n) is 2.43. The quantitative estimate of drug-likeness (QED) is 0.698. The van der Waals surface area contributed by atoms with E-state index in [2.05, 4.69) is 10.3 Å². The zero-order valence-electron chi connectivity index (χ0n) is 10.7. The second-order valence-corrected chi connectivity index (χ2v) is 4.79. The zero-order valence-corrected chi connectivity index (χ0v) is 10.7. The molecule has 1 aliphatic heterocycles. The number of nitrogens with zero attached hydrogens (tertiary/aromatic N) is 1. The van der Waals surface area contributed by atoms with E-state index >= 15 is 0 Å². The molecule has 3 N–H and O–H groups in total. The Kier molecular flexibility index (Phi) is 2.32. The van der Waals surface area contributed by atoms with Crippen LogP contribution in [0.4, 0.5) is 11.7 Å². The number of oxazole rings is 1. The van der Waals surface area contributed by atoms with Gasteiger partial charge in [-0.15, -0.1) is 0 Å². The van der Waals surface area contributed by atoms with Crippen LogP contribution in [0.15, 0.2) is 46.9 Å². The van der Waals surface area contributed by atoms with E-state index in [1.807, 2.05) is 36.4 Å². The van der Waals surface area contributed by atoms with E-state index < -0.39 is 0 Å². The summed E-state index contributed by atoms with van der Waals surface area (Å²) in [7, 11) is 0. The van der Waals surface area contributed by atoms with Gasteiger partial charge >= 0.3 is 0 Å². The Balaban J connectivity index is 1.65. The number of nitrogen functional groups attached to an aromatic ring is 1. The highest BCUT2D eigenvalue weighted by atomic mass is 16.5. The first-order valence-corrected chi connectivity index (χ1v) is 6.44. The van der Waals surface area contributed by atoms with Crippen LogP contribution in [0.3, 0.4) is 0 Å². The number of nitrogens with one attached hydrogen (secondary N) is 1. The third-order valence-corrected chi connectivity index (χ3v) is 3.41. The lowest BCUT2D eigenvalue weighted by Crippen LogP contribution is -2.11. The normalized spacial score (nSPS) is 16.9. The molecular weight excluding hydrogens is 254 g/mol. The van der Waals surface area contributed by atoms with Gasteiger partial charge in [0.2, 0.25) is 0 Å². The second kappa shape index (κ2) is 4.16. The summed E-state index contributed by atoms with van der Waals surface area (Å²) in [5.41, 5.74) is 8.98. The molecule has 4 rings (SSSR count). The van der Waals surface area contributed by atoms with Gasteiger partial charge in [0.25, 0.3) is 6.01 Å². The largest absolute Gasteiger partial charge is 0.491 e. The van der Waals surface area contributed by atoms with E-state index in [0.717, 1.165) is 16.8 Å². The molecular formula is C15H13N3O2. The predicted molar refractivity (Wildman–Crippen MR) is 76.7 cm³/mol. The smallest absolute Gasteiger partial charge is 0.296 e. The van der Waals surface area contributed by atoms with Crippen molar-refractivity contribution < 1.29 is 9.15 Å². The van der Waals surface area contributed by atoms with Gasteiger partial charge in [-0.25, -0.2) is 0 Å². The molecule has 1 atom stereocenters. The number of hydrogen-bond acceptors (Lipinski definition) is 5. The number of para-hydroxylation sites is 1. The molecule has 20 heavy (non-hydrogen) atoms. The van der Waals surface area contributed by atoms with Gasteiger partial charge in [-0.2, -0.15) is 4.98 Å². The molecule has 1 aliphatic rings. The highest BCUT2D eigenvalue weighted by molar-refractivity contribution is 5.78. The Morgan fingerprint density at radius 3 is 3.05 bits per heavy atom. The van der Waals surface area contributed by atoms with Crippen LogP contribution < -0.4 is 15.8 Å². The summed E-state index contributed by atoms with van der Waals surface area (Å²) in [6.45, 7) is 0.570. The van der Waals surface area contributed by atoms with Gasteiger partial charge < -0.3 is 20.2 Å². The van der Waals surface area contributed by atoms with Gasteiger partial charge in [-0.1, -0.05) is 18.2 Å². The van der Waals surface area contributed by atoms with Crippen molar-refractivity contribution in [1.82, 2.24) is 4.98 Å². The average molecular weight is 267 g/mol. The summed E-state index contributed by atoms with van der Waals surface area (Å²) >= 11 is 0. The van der Waals surface area contributed by atoms with Gasteiger partial charge in [0.15, 0.2) is 5.58 Å². The number of rotatable bonds is 2. The Hall–Kier alpha value is -2.69. The molecule has 0 aliphatic carbocycles. The number of fused-ring (bicyclic) bond motifs is 2. The minimum Gasteiger partial charge on any atom is -0.491 e. The van der Waals surface area contributed by atoms with Gasteiger partial charge in [-0.05, 0) is 18.2 Å². The van der Waals surface area contributed by atoms with Gasteiger partial charge in [0.05, 0.1) is 6.04 Å². The molecule has 5 nitrogen and oxygen atoms in total. The summed E-state index contributed by atoms with van der Waals surface area (Å²) in [5.74, 6) is 0.908. The Morgan fingerprint density at radius 1 is 1.20 bits per heavy atom. The van der Waals surface area contributed by atoms with Gasteiger partial charge in [0.1, 0.15) is 17.9 Å². The van der Waals surface area contributed by atoms with Crippen LogP contribution in [-0.4, -0.2) is 11.6 Å². The maximum atomic E-state index is 5.73. The molecule has 0 bridgehead atoms. The van der Waals surface area contributed by atoms with Crippen molar-refractivity contribution in [2.24, 2.45) is 0 Å². The molecule has 1 aromatic heterocycles. The molecule has 2 aromatic carbocycles. The van der Waals surface area contributed by atoms with Crippen LogP contribution in [0.1, 0.15) is 11.6 Å². The van der Waals surface area contributed by atoms with E-state index in [4.69, 9.17) is 14.9 Å². The van der Waals surface area contributed by atoms with Crippen LogP contribution in [0.5, 0.6) is 5.75 Å². The van der Waals surface area contributed by atoms with Crippen molar-refractivity contribution in [3.63, 3.8) is 0 Å². The van der Waals surface area contributed by atoms with Gasteiger partial charge in [-0.3, -0.25) is 0 Å². The number of ether oxygens (including phenoxy) is 1. The van der Waals surface area contributed by atoms with Crippen LogP contribution in [0.25, 0.3) is 11.1 Å².